The van der Waals surface area contributed by atoms with Gasteiger partial charge in [-0.3, -0.25) is 4.79 Å². The Labute approximate surface area is 298 Å². The maximum absolute atomic E-state index is 12.4. The number of morpholine rings is 1. The summed E-state index contributed by atoms with van der Waals surface area (Å²) in [5.41, 5.74) is 0. The second-order valence-electron chi connectivity index (χ2n) is 13.8. The molecule has 2 saturated heterocycles. The number of allylic oxidation sites excluding steroid dienone is 1. The monoisotopic (exact) mass is 680 g/mol. The number of carbonyl (C=O) groups is 1. The Bertz CT molecular complexity index is 706. The fourth-order valence-corrected chi connectivity index (χ4v) is 7.86. The van der Waals surface area contributed by atoms with Gasteiger partial charge in [0, 0.05) is 6.42 Å². The minimum atomic E-state index is -0.0484. The molecule has 2 fully saturated rings. The Morgan fingerprint density at radius 1 is 0.766 bits per heavy atom. The van der Waals surface area contributed by atoms with Crippen molar-refractivity contribution in [2.24, 2.45) is 0 Å². The largest absolute Gasteiger partial charge is 0.366 e. The molecule has 0 aromatic carbocycles. The number of carbonyl (C=O) groups excluding carboxylic acids is 1. The van der Waals surface area contributed by atoms with Crippen molar-refractivity contribution in [2.75, 3.05) is 32.9 Å². The molecule has 2 aliphatic rings. The molecule has 0 aromatic heterocycles. The Kier molecular flexibility index (Phi) is 34.4. The van der Waals surface area contributed by atoms with Gasteiger partial charge in [0.25, 0.3) is 0 Å². The molecule has 0 spiro atoms. The molecule has 5 nitrogen and oxygen atoms in total. The quantitative estimate of drug-likeness (QED) is 0.0637. The summed E-state index contributed by atoms with van der Waals surface area (Å²) in [5, 5.41) is 6.46. The van der Waals surface area contributed by atoms with Gasteiger partial charge in [-0.05, 0) is 78.4 Å². The van der Waals surface area contributed by atoms with E-state index < -0.39 is 0 Å². The van der Waals surface area contributed by atoms with E-state index in [2.05, 4.69) is 49.5 Å². The number of unbranched alkanes of at least 4 members (excludes halogenated alkanes) is 19. The lowest BCUT2D eigenvalue weighted by Gasteiger charge is -2.45. The van der Waals surface area contributed by atoms with Gasteiger partial charge in [-0.2, -0.15) is 0 Å². The highest BCUT2D eigenvalue weighted by Gasteiger charge is 2.46. The predicted molar refractivity (Wildman–Crippen MR) is 212 cm³/mol. The zero-order chi connectivity index (χ0) is 34.8. The first-order chi connectivity index (χ1) is 23.0. The van der Waals surface area contributed by atoms with Gasteiger partial charge < -0.3 is 20.3 Å². The predicted octanol–water partition coefficient (Wildman–Crippen LogP) is 11.2. The van der Waals surface area contributed by atoms with E-state index in [1.165, 1.54) is 141 Å². The number of hydrogen-bond donors (Lipinski definition) is 2. The molecule has 0 bridgehead atoms. The third-order valence-corrected chi connectivity index (χ3v) is 10.6. The van der Waals surface area contributed by atoms with Crippen LogP contribution in [0.4, 0.5) is 0 Å². The molecule has 278 valence electrons. The summed E-state index contributed by atoms with van der Waals surface area (Å²) in [7, 11) is 3.75. The lowest BCUT2D eigenvalue weighted by atomic mass is 10.1. The van der Waals surface area contributed by atoms with Crippen LogP contribution in [0.1, 0.15) is 175 Å². The first-order valence-electron chi connectivity index (χ1n) is 20.1. The fourth-order valence-electron chi connectivity index (χ4n) is 6.45. The van der Waals surface area contributed by atoms with Gasteiger partial charge in [0.15, 0.2) is 0 Å². The van der Waals surface area contributed by atoms with Crippen molar-refractivity contribution in [3.05, 3.63) is 25.3 Å². The molecule has 2 rings (SSSR count). The van der Waals surface area contributed by atoms with Crippen LogP contribution in [0.2, 0.25) is 0 Å². The van der Waals surface area contributed by atoms with Gasteiger partial charge >= 0.3 is 0 Å². The van der Waals surface area contributed by atoms with Gasteiger partial charge in [-0.1, -0.05) is 135 Å². The van der Waals surface area contributed by atoms with Crippen LogP contribution in [0.15, 0.2) is 25.3 Å². The summed E-state index contributed by atoms with van der Waals surface area (Å²) in [4.78, 5) is 14.5. The highest BCUT2D eigenvalue weighted by molar-refractivity contribution is 7.99. The number of hydrogen-bond acceptors (Lipinski definition) is 5. The zero-order valence-electron chi connectivity index (χ0n) is 32.1. The van der Waals surface area contributed by atoms with Crippen LogP contribution in [0.3, 0.4) is 0 Å². The molecule has 2 aliphatic heterocycles. The van der Waals surface area contributed by atoms with E-state index in [0.29, 0.717) is 12.3 Å². The van der Waals surface area contributed by atoms with Crippen LogP contribution >= 0.6 is 11.8 Å². The molecule has 4 unspecified atom stereocenters. The van der Waals surface area contributed by atoms with Crippen molar-refractivity contribution in [3.8, 4) is 0 Å². The van der Waals surface area contributed by atoms with E-state index in [4.69, 9.17) is 4.74 Å². The number of thioether (sulfide) groups is 1. The number of nitrogens with zero attached hydrogens (tertiary/aromatic N) is 1. The number of nitrogens with one attached hydrogen (secondary N) is 2. The summed E-state index contributed by atoms with van der Waals surface area (Å²) in [6.07, 6.45) is 35.9. The van der Waals surface area contributed by atoms with Crippen molar-refractivity contribution in [1.82, 2.24) is 15.5 Å². The van der Waals surface area contributed by atoms with E-state index >= 15 is 0 Å². The first-order valence-corrected chi connectivity index (χ1v) is 21.2. The molecule has 2 N–H and O–H groups in total. The maximum Gasteiger partial charge on any atom is 0.223 e. The van der Waals surface area contributed by atoms with Crippen LogP contribution < -0.4 is 10.6 Å². The average molecular weight is 680 g/mol. The van der Waals surface area contributed by atoms with Crippen molar-refractivity contribution in [2.45, 2.75) is 198 Å². The molecule has 47 heavy (non-hydrogen) atoms. The topological polar surface area (TPSA) is 53.6 Å². The van der Waals surface area contributed by atoms with Crippen molar-refractivity contribution in [3.63, 3.8) is 0 Å². The third kappa shape index (κ3) is 24.9. The van der Waals surface area contributed by atoms with E-state index in [9.17, 15) is 4.79 Å². The average Bonchev–Trinajstić information content (AvgIpc) is 3.47. The van der Waals surface area contributed by atoms with Crippen LogP contribution in [0.25, 0.3) is 0 Å². The molecule has 6 heteroatoms. The summed E-state index contributed by atoms with van der Waals surface area (Å²) < 4.78 is 6.14. The molecule has 0 radical (unpaired) electrons. The fraction of sp³-hybridized carbons (Fsp3) is 0.878. The highest BCUT2D eigenvalue weighted by atomic mass is 32.2. The third-order valence-electron chi connectivity index (χ3n) is 9.26. The van der Waals surface area contributed by atoms with Gasteiger partial charge in [0.1, 0.15) is 11.5 Å². The maximum atomic E-state index is 12.4. The molecular formula is C41H81N3O2S. The molecule has 0 saturated carbocycles. The Hall–Kier alpha value is -0.820. The lowest BCUT2D eigenvalue weighted by Crippen LogP contribution is -2.56. The van der Waals surface area contributed by atoms with Crippen molar-refractivity contribution < 1.29 is 9.53 Å². The standard InChI is InChI=1S/C26H48N2O2S.C13H26.C2H7N/c1-4-6-7-8-9-10-11-12-13-14-19-27-20-15-16-21-31-26-24(5-2)30-22(3)23-17-18-25(29)28(23)26;1-3-5-7-9-11-13-12-10-8-6-4-2;1-3-2/h5,22-24,26-27H,2,4,6-21H2,1,3H3;3H,1,4-13H2,2H3;3H,1-2H3. The molecule has 1 amide bonds. The smallest absolute Gasteiger partial charge is 0.223 e. The summed E-state index contributed by atoms with van der Waals surface area (Å²) >= 11 is 1.88. The number of amides is 1. The molecule has 4 atom stereocenters. The van der Waals surface area contributed by atoms with Crippen LogP contribution in [-0.2, 0) is 9.53 Å². The zero-order valence-corrected chi connectivity index (χ0v) is 33.0. The van der Waals surface area contributed by atoms with Gasteiger partial charge in [-0.15, -0.1) is 24.9 Å². The van der Waals surface area contributed by atoms with Crippen molar-refractivity contribution in [1.29, 1.82) is 0 Å². The normalized spacial score (nSPS) is 20.2. The minimum absolute atomic E-state index is 0.0484. The lowest BCUT2D eigenvalue weighted by molar-refractivity contribution is -0.144. The van der Waals surface area contributed by atoms with Gasteiger partial charge in [0.05, 0.1) is 12.1 Å². The van der Waals surface area contributed by atoms with Crippen LogP contribution in [0, 0.1) is 0 Å². The second-order valence-corrected chi connectivity index (χ2v) is 15.0. The number of rotatable bonds is 28. The Morgan fingerprint density at radius 3 is 1.72 bits per heavy atom. The molecule has 0 aromatic rings. The Balaban J connectivity index is 0.00000110. The minimum Gasteiger partial charge on any atom is -0.366 e. The van der Waals surface area contributed by atoms with E-state index in [1.807, 2.05) is 38.0 Å². The van der Waals surface area contributed by atoms with E-state index in [1.54, 1.807) is 0 Å². The summed E-state index contributed by atoms with van der Waals surface area (Å²) in [6.45, 7) is 16.6. The molecule has 2 heterocycles. The van der Waals surface area contributed by atoms with Crippen LogP contribution in [-0.4, -0.2) is 67.4 Å². The second kappa shape index (κ2) is 35.0. The summed E-state index contributed by atoms with van der Waals surface area (Å²) in [6, 6.07) is 0.254. The van der Waals surface area contributed by atoms with Gasteiger partial charge in [0.2, 0.25) is 5.91 Å². The summed E-state index contributed by atoms with van der Waals surface area (Å²) in [5.74, 6) is 1.37. The van der Waals surface area contributed by atoms with E-state index in [-0.39, 0.29) is 23.6 Å². The number of fused-ring (bicyclic) bond motifs is 1. The van der Waals surface area contributed by atoms with Gasteiger partial charge in [-0.25, -0.2) is 0 Å². The van der Waals surface area contributed by atoms with Crippen molar-refractivity contribution >= 4 is 17.7 Å². The highest BCUT2D eigenvalue weighted by Crippen LogP contribution is 2.37. The first kappa shape index (κ1) is 46.2. The SMILES string of the molecule is C=CC1OC(C)C2CCC(=O)N2C1SCCCCNCCCCCCCCCCCC.C=CCCCCCCCCCCC.CNC. The molecular weight excluding hydrogens is 599 g/mol. The van der Waals surface area contributed by atoms with E-state index in [0.717, 1.165) is 25.3 Å². The Morgan fingerprint density at radius 2 is 1.23 bits per heavy atom. The van der Waals surface area contributed by atoms with Crippen LogP contribution in [0.5, 0.6) is 0 Å². The molecule has 0 aliphatic carbocycles. The number of ether oxygens (including phenoxy) is 1.